The number of nitrogens with zero attached hydrogens (tertiary/aromatic N) is 5. The number of hydrogen-bond donors (Lipinski definition) is 3. The zero-order valence-corrected chi connectivity index (χ0v) is 18.4. The number of aromatic nitrogens is 4. The summed E-state index contributed by atoms with van der Waals surface area (Å²) in [5, 5.41) is 26.2. The Hall–Kier alpha value is -3.14. The van der Waals surface area contributed by atoms with Crippen molar-refractivity contribution in [3.63, 3.8) is 0 Å². The van der Waals surface area contributed by atoms with Crippen molar-refractivity contribution >= 4 is 11.9 Å². The monoisotopic (exact) mass is 502 g/mol. The summed E-state index contributed by atoms with van der Waals surface area (Å²) >= 11 is 0. The second-order valence-corrected chi connectivity index (χ2v) is 7.45. The van der Waals surface area contributed by atoms with Crippen molar-refractivity contribution in [2.45, 2.75) is 38.4 Å². The molecular weight excluding hydrogens is 478 g/mol. The number of carboxylic acids is 2. The van der Waals surface area contributed by atoms with Crippen LogP contribution in [0.4, 0.5) is 26.3 Å². The highest BCUT2D eigenvalue weighted by atomic mass is 19.4. The van der Waals surface area contributed by atoms with Crippen molar-refractivity contribution in [1.29, 1.82) is 0 Å². The molecule has 1 aliphatic rings. The van der Waals surface area contributed by atoms with Gasteiger partial charge in [0.2, 0.25) is 0 Å². The molecule has 2 aromatic rings. The van der Waals surface area contributed by atoms with Crippen LogP contribution in [0.15, 0.2) is 12.4 Å². The van der Waals surface area contributed by atoms with Crippen LogP contribution in [0.2, 0.25) is 0 Å². The Balaban J connectivity index is 0.000000343. The number of halogens is 6. The number of carbonyl (C=O) groups is 2. The van der Waals surface area contributed by atoms with Crippen LogP contribution in [-0.4, -0.2) is 84.9 Å². The van der Waals surface area contributed by atoms with E-state index >= 15 is 0 Å². The Morgan fingerprint density at radius 2 is 1.65 bits per heavy atom. The third kappa shape index (κ3) is 9.78. The van der Waals surface area contributed by atoms with Crippen LogP contribution in [0.1, 0.15) is 22.5 Å². The number of nitrogens with one attached hydrogen (secondary N) is 1. The fourth-order valence-electron chi connectivity index (χ4n) is 2.82. The number of aliphatic carboxylic acids is 2. The molecule has 3 heterocycles. The van der Waals surface area contributed by atoms with E-state index in [0.717, 1.165) is 32.6 Å². The number of aromatic amines is 1. The van der Waals surface area contributed by atoms with Crippen LogP contribution in [0.25, 0.3) is 0 Å². The van der Waals surface area contributed by atoms with E-state index < -0.39 is 24.3 Å². The number of alkyl halides is 6. The molecule has 0 aliphatic carbocycles. The standard InChI is InChI=1S/C14H22N6.2C2HF3O2/c1-18(2)9-13-12-4-5-20(10-14(12)17-16-13)8-11-6-15-19(3)7-11;2*3-2(4,5)1(6)7/h6-7H,4-5,8-10H2,1-3H3,(H,16,17);2*(H,6,7). The van der Waals surface area contributed by atoms with Crippen molar-refractivity contribution < 1.29 is 46.1 Å². The molecule has 0 spiro atoms. The summed E-state index contributed by atoms with van der Waals surface area (Å²) in [5.74, 6) is -5.51. The minimum atomic E-state index is -5.08. The first-order chi connectivity index (χ1) is 15.5. The van der Waals surface area contributed by atoms with Crippen molar-refractivity contribution in [3.8, 4) is 0 Å². The molecule has 0 amide bonds. The van der Waals surface area contributed by atoms with E-state index in [1.807, 2.05) is 17.9 Å². The van der Waals surface area contributed by atoms with E-state index in [0.29, 0.717) is 0 Å². The van der Waals surface area contributed by atoms with E-state index in [1.54, 1.807) is 0 Å². The normalized spacial score (nSPS) is 13.9. The van der Waals surface area contributed by atoms with E-state index in [2.05, 4.69) is 45.4 Å². The summed E-state index contributed by atoms with van der Waals surface area (Å²) in [7, 11) is 6.12. The molecule has 34 heavy (non-hydrogen) atoms. The largest absolute Gasteiger partial charge is 0.490 e. The summed E-state index contributed by atoms with van der Waals surface area (Å²) in [6, 6.07) is 0. The van der Waals surface area contributed by atoms with Crippen molar-refractivity contribution in [3.05, 3.63) is 34.9 Å². The van der Waals surface area contributed by atoms with E-state index in [4.69, 9.17) is 19.8 Å². The predicted octanol–water partition coefficient (Wildman–Crippen LogP) is 2.03. The SMILES string of the molecule is CN(C)Cc1n[nH]c2c1CCN(Cc1cnn(C)c1)C2.O=C(O)C(F)(F)F.O=C(O)C(F)(F)F. The lowest BCUT2D eigenvalue weighted by Crippen LogP contribution is -2.30. The number of carboxylic acid groups (broad SMARTS) is 2. The molecule has 0 unspecified atom stereocenters. The molecule has 2 aromatic heterocycles. The number of hydrogen-bond acceptors (Lipinski definition) is 6. The van der Waals surface area contributed by atoms with Crippen LogP contribution in [0.3, 0.4) is 0 Å². The number of rotatable bonds is 4. The van der Waals surface area contributed by atoms with Gasteiger partial charge < -0.3 is 15.1 Å². The van der Waals surface area contributed by atoms with Gasteiger partial charge >= 0.3 is 24.3 Å². The first kappa shape index (κ1) is 28.9. The van der Waals surface area contributed by atoms with Gasteiger partial charge in [-0.05, 0) is 20.5 Å². The number of fused-ring (bicyclic) bond motifs is 1. The summed E-state index contributed by atoms with van der Waals surface area (Å²) in [4.78, 5) is 22.4. The topological polar surface area (TPSA) is 128 Å². The van der Waals surface area contributed by atoms with E-state index in [1.165, 1.54) is 22.5 Å². The number of H-pyrrole nitrogens is 1. The molecule has 0 atom stereocenters. The molecule has 0 aromatic carbocycles. The maximum atomic E-state index is 10.6. The van der Waals surface area contributed by atoms with Gasteiger partial charge in [-0.3, -0.25) is 14.7 Å². The zero-order valence-electron chi connectivity index (χ0n) is 18.4. The summed E-state index contributed by atoms with van der Waals surface area (Å²) in [6.07, 6.45) is -5.06. The van der Waals surface area contributed by atoms with Gasteiger partial charge in [0.1, 0.15) is 0 Å². The Bertz CT molecular complexity index is 930. The Labute approximate surface area is 189 Å². The Kier molecular flexibility index (Phi) is 10.0. The van der Waals surface area contributed by atoms with E-state index in [-0.39, 0.29) is 0 Å². The first-order valence-corrected chi connectivity index (χ1v) is 9.50. The second-order valence-electron chi connectivity index (χ2n) is 7.45. The molecule has 3 rings (SSSR count). The second kappa shape index (κ2) is 11.8. The van der Waals surface area contributed by atoms with Gasteiger partial charge in [0.25, 0.3) is 0 Å². The highest BCUT2D eigenvalue weighted by molar-refractivity contribution is 5.73. The molecule has 0 bridgehead atoms. The lowest BCUT2D eigenvalue weighted by molar-refractivity contribution is -0.193. The average molecular weight is 502 g/mol. The van der Waals surface area contributed by atoms with Crippen LogP contribution in [0, 0.1) is 0 Å². The van der Waals surface area contributed by atoms with Gasteiger partial charge in [0.05, 0.1) is 17.6 Å². The van der Waals surface area contributed by atoms with Crippen LogP contribution < -0.4 is 0 Å². The van der Waals surface area contributed by atoms with Gasteiger partial charge in [-0.2, -0.15) is 36.5 Å². The zero-order chi connectivity index (χ0) is 26.3. The third-order valence-corrected chi connectivity index (χ3v) is 4.21. The molecule has 10 nitrogen and oxygen atoms in total. The fourth-order valence-corrected chi connectivity index (χ4v) is 2.82. The predicted molar refractivity (Wildman–Crippen MR) is 104 cm³/mol. The Morgan fingerprint density at radius 1 is 1.12 bits per heavy atom. The van der Waals surface area contributed by atoms with Crippen molar-refractivity contribution in [2.24, 2.45) is 7.05 Å². The Morgan fingerprint density at radius 3 is 2.06 bits per heavy atom. The fraction of sp³-hybridized carbons (Fsp3) is 0.556. The van der Waals surface area contributed by atoms with Crippen LogP contribution >= 0.6 is 0 Å². The molecule has 0 saturated heterocycles. The van der Waals surface area contributed by atoms with Crippen molar-refractivity contribution in [2.75, 3.05) is 20.6 Å². The molecule has 0 fully saturated rings. The first-order valence-electron chi connectivity index (χ1n) is 9.50. The molecule has 3 N–H and O–H groups in total. The minimum absolute atomic E-state index is 0.911. The highest BCUT2D eigenvalue weighted by Gasteiger charge is 2.38. The van der Waals surface area contributed by atoms with Gasteiger partial charge in [-0.1, -0.05) is 0 Å². The summed E-state index contributed by atoms with van der Waals surface area (Å²) in [6.45, 7) is 3.90. The van der Waals surface area contributed by atoms with Gasteiger partial charge in [0.15, 0.2) is 0 Å². The summed E-state index contributed by atoms with van der Waals surface area (Å²) in [5.41, 5.74) is 5.16. The van der Waals surface area contributed by atoms with Gasteiger partial charge in [-0.15, -0.1) is 0 Å². The molecule has 16 heteroatoms. The molecule has 0 radical (unpaired) electrons. The lowest BCUT2D eigenvalue weighted by atomic mass is 10.0. The maximum Gasteiger partial charge on any atom is 0.490 e. The minimum Gasteiger partial charge on any atom is -0.475 e. The van der Waals surface area contributed by atoms with Gasteiger partial charge in [-0.25, -0.2) is 9.59 Å². The van der Waals surface area contributed by atoms with Crippen LogP contribution in [-0.2, 0) is 42.7 Å². The lowest BCUT2D eigenvalue weighted by Gasteiger charge is -2.26. The van der Waals surface area contributed by atoms with Crippen LogP contribution in [0.5, 0.6) is 0 Å². The smallest absolute Gasteiger partial charge is 0.475 e. The van der Waals surface area contributed by atoms with Crippen molar-refractivity contribution in [1.82, 2.24) is 29.8 Å². The summed E-state index contributed by atoms with van der Waals surface area (Å²) < 4.78 is 65.3. The molecule has 192 valence electrons. The molecule has 0 saturated carbocycles. The van der Waals surface area contributed by atoms with Gasteiger partial charge in [0, 0.05) is 50.6 Å². The third-order valence-electron chi connectivity index (χ3n) is 4.21. The molecule has 1 aliphatic heterocycles. The quantitative estimate of drug-likeness (QED) is 0.542. The maximum absolute atomic E-state index is 10.6. The number of aryl methyl sites for hydroxylation is 1. The average Bonchev–Trinajstić information content (AvgIpc) is 3.26. The highest BCUT2D eigenvalue weighted by Crippen LogP contribution is 2.22. The van der Waals surface area contributed by atoms with E-state index in [9.17, 15) is 26.3 Å². The molecular formula is C18H24F6N6O4.